The highest BCUT2D eigenvalue weighted by Gasteiger charge is 2.32. The van der Waals surface area contributed by atoms with Crippen LogP contribution in [0.4, 0.5) is 13.2 Å². The number of rotatable bonds is 4. The van der Waals surface area contributed by atoms with Crippen molar-refractivity contribution in [3.63, 3.8) is 0 Å². The van der Waals surface area contributed by atoms with E-state index in [9.17, 15) is 22.8 Å². The Hall–Kier alpha value is -1.80. The van der Waals surface area contributed by atoms with Crippen LogP contribution >= 0.6 is 12.4 Å². The molecule has 0 radical (unpaired) electrons. The highest BCUT2D eigenvalue weighted by atomic mass is 35.5. The number of alkyl halides is 3. The molecule has 2 N–H and O–H groups in total. The van der Waals surface area contributed by atoms with E-state index in [-0.39, 0.29) is 23.9 Å². The van der Waals surface area contributed by atoms with E-state index in [1.54, 1.807) is 4.90 Å². The first-order valence-electron chi connectivity index (χ1n) is 7.77. The predicted octanol–water partition coefficient (Wildman–Crippen LogP) is 2.15. The van der Waals surface area contributed by atoms with Crippen molar-refractivity contribution in [3.05, 3.63) is 35.4 Å². The molecule has 2 rings (SSSR count). The molecule has 2 amide bonds. The molecule has 0 atom stereocenters. The summed E-state index contributed by atoms with van der Waals surface area (Å²) >= 11 is 0. The lowest BCUT2D eigenvalue weighted by atomic mass is 10.1. The van der Waals surface area contributed by atoms with Gasteiger partial charge >= 0.3 is 6.18 Å². The predicted molar refractivity (Wildman–Crippen MR) is 89.5 cm³/mol. The van der Waals surface area contributed by atoms with Gasteiger partial charge in [-0.25, -0.2) is 0 Å². The number of benzene rings is 1. The maximum Gasteiger partial charge on any atom is 0.416 e. The van der Waals surface area contributed by atoms with Crippen molar-refractivity contribution < 1.29 is 22.8 Å². The Bertz CT molecular complexity index is 603. The lowest BCUT2D eigenvalue weighted by Crippen LogP contribution is -2.50. The second-order valence-electron chi connectivity index (χ2n) is 5.64. The number of nitrogens with zero attached hydrogens (tertiary/aromatic N) is 2. The number of halogens is 4. The SMILES string of the molecule is Cl.NCCCC(=O)N1CCN(C(=O)c2cccc(C(F)(F)F)c2)CC1. The molecule has 9 heteroatoms. The summed E-state index contributed by atoms with van der Waals surface area (Å²) in [5.41, 5.74) is 4.54. The average Bonchev–Trinajstić information content (AvgIpc) is 2.58. The van der Waals surface area contributed by atoms with Gasteiger partial charge in [0.1, 0.15) is 0 Å². The van der Waals surface area contributed by atoms with Crippen LogP contribution in [0.25, 0.3) is 0 Å². The van der Waals surface area contributed by atoms with Gasteiger partial charge < -0.3 is 15.5 Å². The van der Waals surface area contributed by atoms with E-state index >= 15 is 0 Å². The molecule has 0 bridgehead atoms. The van der Waals surface area contributed by atoms with Gasteiger partial charge in [0.2, 0.25) is 5.91 Å². The summed E-state index contributed by atoms with van der Waals surface area (Å²) in [6.45, 7) is 1.83. The third kappa shape index (κ3) is 5.61. The molecule has 0 unspecified atom stereocenters. The van der Waals surface area contributed by atoms with Gasteiger partial charge in [0.15, 0.2) is 0 Å². The zero-order valence-electron chi connectivity index (χ0n) is 13.6. The molecular weight excluding hydrogens is 359 g/mol. The monoisotopic (exact) mass is 379 g/mol. The summed E-state index contributed by atoms with van der Waals surface area (Å²) in [5, 5.41) is 0. The summed E-state index contributed by atoms with van der Waals surface area (Å²) in [5.74, 6) is -0.457. The van der Waals surface area contributed by atoms with Gasteiger partial charge in [-0.1, -0.05) is 6.07 Å². The molecule has 1 aliphatic heterocycles. The van der Waals surface area contributed by atoms with E-state index in [0.717, 1.165) is 12.1 Å². The molecule has 1 fully saturated rings. The third-order valence-corrected chi connectivity index (χ3v) is 3.95. The van der Waals surface area contributed by atoms with Crippen molar-refractivity contribution in [3.8, 4) is 0 Å². The maximum absolute atomic E-state index is 12.7. The second kappa shape index (κ2) is 9.05. The quantitative estimate of drug-likeness (QED) is 0.871. The summed E-state index contributed by atoms with van der Waals surface area (Å²) in [6, 6.07) is 4.39. The smallest absolute Gasteiger partial charge is 0.339 e. The van der Waals surface area contributed by atoms with Crippen LogP contribution in [0.5, 0.6) is 0 Å². The zero-order chi connectivity index (χ0) is 17.7. The van der Waals surface area contributed by atoms with E-state index in [1.165, 1.54) is 17.0 Å². The minimum Gasteiger partial charge on any atom is -0.339 e. The average molecular weight is 380 g/mol. The van der Waals surface area contributed by atoms with Crippen LogP contribution in [0.15, 0.2) is 24.3 Å². The van der Waals surface area contributed by atoms with Crippen LogP contribution in [0.3, 0.4) is 0 Å². The molecule has 0 spiro atoms. The lowest BCUT2D eigenvalue weighted by molar-refractivity contribution is -0.137. The number of nitrogens with two attached hydrogens (primary N) is 1. The van der Waals surface area contributed by atoms with Crippen molar-refractivity contribution in [1.82, 2.24) is 9.80 Å². The van der Waals surface area contributed by atoms with E-state index in [1.807, 2.05) is 0 Å². The minimum absolute atomic E-state index is 0. The zero-order valence-corrected chi connectivity index (χ0v) is 14.4. The molecule has 0 aromatic heterocycles. The summed E-state index contributed by atoms with van der Waals surface area (Å²) in [6.07, 6.45) is -3.50. The fourth-order valence-corrected chi connectivity index (χ4v) is 2.58. The van der Waals surface area contributed by atoms with E-state index in [0.29, 0.717) is 45.6 Å². The van der Waals surface area contributed by atoms with Crippen LogP contribution in [0, 0.1) is 0 Å². The molecule has 1 aromatic rings. The number of hydrogen-bond acceptors (Lipinski definition) is 3. The minimum atomic E-state index is -4.48. The van der Waals surface area contributed by atoms with Crippen LogP contribution in [0.2, 0.25) is 0 Å². The number of piperazine rings is 1. The normalized spacial score (nSPS) is 14.9. The van der Waals surface area contributed by atoms with Gasteiger partial charge in [0.25, 0.3) is 5.91 Å². The van der Waals surface area contributed by atoms with Crippen LogP contribution < -0.4 is 5.73 Å². The molecular formula is C16H21ClF3N3O2. The van der Waals surface area contributed by atoms with E-state index in [4.69, 9.17) is 5.73 Å². The molecule has 1 aliphatic rings. The van der Waals surface area contributed by atoms with Crippen molar-refractivity contribution in [2.45, 2.75) is 19.0 Å². The number of hydrogen-bond donors (Lipinski definition) is 1. The Labute approximate surface area is 150 Å². The topological polar surface area (TPSA) is 66.6 Å². The number of amides is 2. The largest absolute Gasteiger partial charge is 0.416 e. The lowest BCUT2D eigenvalue weighted by Gasteiger charge is -2.35. The Balaban J connectivity index is 0.00000312. The van der Waals surface area contributed by atoms with Gasteiger partial charge in [-0.3, -0.25) is 9.59 Å². The highest BCUT2D eigenvalue weighted by Crippen LogP contribution is 2.29. The van der Waals surface area contributed by atoms with E-state index in [2.05, 4.69) is 0 Å². The van der Waals surface area contributed by atoms with Crippen LogP contribution in [-0.2, 0) is 11.0 Å². The summed E-state index contributed by atoms with van der Waals surface area (Å²) < 4.78 is 38.2. The molecule has 1 saturated heterocycles. The maximum atomic E-state index is 12.7. The summed E-state index contributed by atoms with van der Waals surface area (Å²) in [4.78, 5) is 27.4. The highest BCUT2D eigenvalue weighted by molar-refractivity contribution is 5.94. The van der Waals surface area contributed by atoms with Crippen molar-refractivity contribution >= 4 is 24.2 Å². The molecule has 25 heavy (non-hydrogen) atoms. The number of carbonyl (C=O) groups is 2. The van der Waals surface area contributed by atoms with Crippen molar-refractivity contribution in [2.75, 3.05) is 32.7 Å². The molecule has 1 aromatic carbocycles. The number of carbonyl (C=O) groups excluding carboxylic acids is 2. The second-order valence-corrected chi connectivity index (χ2v) is 5.64. The molecule has 0 saturated carbocycles. The van der Waals surface area contributed by atoms with Crippen LogP contribution in [0.1, 0.15) is 28.8 Å². The Morgan fingerprint density at radius 3 is 2.24 bits per heavy atom. The fourth-order valence-electron chi connectivity index (χ4n) is 2.58. The molecule has 5 nitrogen and oxygen atoms in total. The standard InChI is InChI=1S/C16H20F3N3O2.ClH/c17-16(18,19)13-4-1-3-12(11-13)15(24)22-9-7-21(8-10-22)14(23)5-2-6-20;/h1,3-4,11H,2,5-10,20H2;1H. The first-order chi connectivity index (χ1) is 11.3. The molecule has 140 valence electrons. The van der Waals surface area contributed by atoms with Gasteiger partial charge in [-0.15, -0.1) is 12.4 Å². The first kappa shape index (κ1) is 21.2. The van der Waals surface area contributed by atoms with E-state index < -0.39 is 17.6 Å². The molecule has 1 heterocycles. The Morgan fingerprint density at radius 1 is 1.08 bits per heavy atom. The van der Waals surface area contributed by atoms with Gasteiger partial charge in [-0.05, 0) is 31.2 Å². The Kier molecular flexibility index (Phi) is 7.69. The summed E-state index contributed by atoms with van der Waals surface area (Å²) in [7, 11) is 0. The fraction of sp³-hybridized carbons (Fsp3) is 0.500. The third-order valence-electron chi connectivity index (χ3n) is 3.95. The van der Waals surface area contributed by atoms with Crippen LogP contribution in [-0.4, -0.2) is 54.3 Å². The van der Waals surface area contributed by atoms with Crippen molar-refractivity contribution in [2.24, 2.45) is 5.73 Å². The van der Waals surface area contributed by atoms with Gasteiger partial charge in [-0.2, -0.15) is 13.2 Å². The van der Waals surface area contributed by atoms with Crippen molar-refractivity contribution in [1.29, 1.82) is 0 Å². The van der Waals surface area contributed by atoms with Gasteiger partial charge in [0, 0.05) is 38.2 Å². The first-order valence-corrected chi connectivity index (χ1v) is 7.77. The Morgan fingerprint density at radius 2 is 1.68 bits per heavy atom. The van der Waals surface area contributed by atoms with Gasteiger partial charge in [0.05, 0.1) is 5.56 Å². The molecule has 0 aliphatic carbocycles.